The summed E-state index contributed by atoms with van der Waals surface area (Å²) in [5, 5.41) is 0. The van der Waals surface area contributed by atoms with E-state index in [1.54, 1.807) is 0 Å². The molecule has 3 nitrogen and oxygen atoms in total. The van der Waals surface area contributed by atoms with Gasteiger partial charge in [-0.3, -0.25) is 9.59 Å². The average Bonchev–Trinajstić information content (AvgIpc) is 2.66. The molecule has 0 N–H and O–H groups in total. The Bertz CT molecular complexity index is 573. The number of benzene rings is 1. The third-order valence-corrected chi connectivity index (χ3v) is 5.06. The van der Waals surface area contributed by atoms with Crippen LogP contribution in [0.5, 0.6) is 0 Å². The van der Waals surface area contributed by atoms with Crippen LogP contribution in [0.15, 0.2) is 34.8 Å². The molecular formula is C14H11BrINO2. The summed E-state index contributed by atoms with van der Waals surface area (Å²) in [4.78, 5) is 26.3. The molecule has 0 unspecified atom stereocenters. The molecule has 5 heteroatoms. The summed E-state index contributed by atoms with van der Waals surface area (Å²) in [6, 6.07) is 5.65. The van der Waals surface area contributed by atoms with Crippen LogP contribution in [0.4, 0.5) is 5.69 Å². The SMILES string of the molecule is O=C1[C@H]2CC=CC[C@H]2C(=O)N1c1cc(Br)ccc1I. The quantitative estimate of drug-likeness (QED) is 0.387. The van der Waals surface area contributed by atoms with Gasteiger partial charge in [0.25, 0.3) is 0 Å². The monoisotopic (exact) mass is 431 g/mol. The predicted molar refractivity (Wildman–Crippen MR) is 84.7 cm³/mol. The molecule has 0 spiro atoms. The van der Waals surface area contributed by atoms with Gasteiger partial charge in [-0.2, -0.15) is 0 Å². The van der Waals surface area contributed by atoms with E-state index in [0.29, 0.717) is 18.5 Å². The zero-order valence-corrected chi connectivity index (χ0v) is 13.7. The lowest BCUT2D eigenvalue weighted by Crippen LogP contribution is -2.31. The Morgan fingerprint density at radius 1 is 1.11 bits per heavy atom. The Kier molecular flexibility index (Phi) is 3.51. The van der Waals surface area contributed by atoms with Crippen molar-refractivity contribution in [1.29, 1.82) is 0 Å². The van der Waals surface area contributed by atoms with Crippen LogP contribution in [0.1, 0.15) is 12.8 Å². The summed E-state index contributed by atoms with van der Waals surface area (Å²) in [5.41, 5.74) is 0.694. The minimum atomic E-state index is -0.174. The number of allylic oxidation sites excluding steroid dienone is 2. The van der Waals surface area contributed by atoms with E-state index in [0.717, 1.165) is 8.04 Å². The molecule has 0 aromatic heterocycles. The first-order chi connectivity index (χ1) is 9.09. The van der Waals surface area contributed by atoms with Gasteiger partial charge in [0, 0.05) is 8.04 Å². The number of nitrogens with zero attached hydrogens (tertiary/aromatic N) is 1. The second-order valence-corrected chi connectivity index (χ2v) is 6.84. The first kappa shape index (κ1) is 13.3. The Hall–Kier alpha value is -0.690. The Morgan fingerprint density at radius 3 is 2.26 bits per heavy atom. The maximum atomic E-state index is 12.5. The molecule has 1 saturated heterocycles. The molecule has 98 valence electrons. The van der Waals surface area contributed by atoms with Crippen LogP contribution in [0.25, 0.3) is 0 Å². The molecule has 0 bridgehead atoms. The summed E-state index contributed by atoms with van der Waals surface area (Å²) < 4.78 is 1.78. The lowest BCUT2D eigenvalue weighted by Gasteiger charge is -2.16. The lowest BCUT2D eigenvalue weighted by molar-refractivity contribution is -0.122. The highest BCUT2D eigenvalue weighted by atomic mass is 127. The fourth-order valence-electron chi connectivity index (χ4n) is 2.69. The summed E-state index contributed by atoms with van der Waals surface area (Å²) in [6.07, 6.45) is 5.36. The second-order valence-electron chi connectivity index (χ2n) is 4.76. The Labute approximate surface area is 133 Å². The van der Waals surface area contributed by atoms with E-state index in [1.165, 1.54) is 4.90 Å². The molecule has 2 amide bonds. The number of hydrogen-bond donors (Lipinski definition) is 0. The number of rotatable bonds is 1. The van der Waals surface area contributed by atoms with Crippen molar-refractivity contribution >= 4 is 56.0 Å². The van der Waals surface area contributed by atoms with Crippen molar-refractivity contribution in [3.63, 3.8) is 0 Å². The number of halogens is 2. The highest BCUT2D eigenvalue weighted by Gasteiger charge is 2.48. The van der Waals surface area contributed by atoms with Crippen LogP contribution >= 0.6 is 38.5 Å². The summed E-state index contributed by atoms with van der Waals surface area (Å²) in [5.74, 6) is -0.467. The van der Waals surface area contributed by atoms with Crippen LogP contribution in [-0.4, -0.2) is 11.8 Å². The fourth-order valence-corrected chi connectivity index (χ4v) is 3.62. The maximum absolute atomic E-state index is 12.5. The molecule has 2 aliphatic rings. The smallest absolute Gasteiger partial charge is 0.238 e. The maximum Gasteiger partial charge on any atom is 0.238 e. The van der Waals surface area contributed by atoms with E-state index in [1.807, 2.05) is 30.4 Å². The van der Waals surface area contributed by atoms with Gasteiger partial charge in [0.2, 0.25) is 11.8 Å². The molecule has 1 aromatic rings. The van der Waals surface area contributed by atoms with Gasteiger partial charge in [0.1, 0.15) is 0 Å². The van der Waals surface area contributed by atoms with Crippen molar-refractivity contribution in [3.05, 3.63) is 38.4 Å². The Balaban J connectivity index is 2.04. The van der Waals surface area contributed by atoms with Gasteiger partial charge in [-0.1, -0.05) is 28.1 Å². The second kappa shape index (κ2) is 5.01. The molecule has 1 aliphatic heterocycles. The largest absolute Gasteiger partial charge is 0.274 e. The van der Waals surface area contributed by atoms with E-state index < -0.39 is 0 Å². The van der Waals surface area contributed by atoms with E-state index in [-0.39, 0.29) is 23.7 Å². The summed E-state index contributed by atoms with van der Waals surface area (Å²) in [6.45, 7) is 0. The van der Waals surface area contributed by atoms with Gasteiger partial charge in [-0.05, 0) is 53.6 Å². The lowest BCUT2D eigenvalue weighted by atomic mass is 9.85. The first-order valence-electron chi connectivity index (χ1n) is 6.07. The molecule has 1 fully saturated rings. The van der Waals surface area contributed by atoms with Crippen molar-refractivity contribution in [2.45, 2.75) is 12.8 Å². The molecule has 1 aliphatic carbocycles. The standard InChI is InChI=1S/C14H11BrINO2/c15-8-5-6-11(16)12(7-8)17-13(18)9-3-1-2-4-10(9)14(17)19/h1-2,5-7,9-10H,3-4H2/t9-,10+. The number of imide groups is 1. The third-order valence-electron chi connectivity index (χ3n) is 3.66. The number of carbonyl (C=O) groups excluding carboxylic acids is 2. The normalized spacial score (nSPS) is 25.9. The minimum Gasteiger partial charge on any atom is -0.274 e. The van der Waals surface area contributed by atoms with Crippen molar-refractivity contribution in [3.8, 4) is 0 Å². The molecule has 19 heavy (non-hydrogen) atoms. The van der Waals surface area contributed by atoms with Crippen LogP contribution in [0, 0.1) is 15.4 Å². The highest BCUT2D eigenvalue weighted by Crippen LogP contribution is 2.39. The van der Waals surface area contributed by atoms with Crippen molar-refractivity contribution < 1.29 is 9.59 Å². The molecule has 1 aromatic carbocycles. The molecule has 0 radical (unpaired) electrons. The van der Waals surface area contributed by atoms with Gasteiger partial charge in [-0.25, -0.2) is 4.90 Å². The van der Waals surface area contributed by atoms with Crippen molar-refractivity contribution in [2.75, 3.05) is 4.90 Å². The minimum absolute atomic E-state index is 0.0598. The van der Waals surface area contributed by atoms with E-state index in [4.69, 9.17) is 0 Å². The zero-order valence-electron chi connectivity index (χ0n) is 9.98. The molecule has 3 rings (SSSR count). The summed E-state index contributed by atoms with van der Waals surface area (Å²) in [7, 11) is 0. The van der Waals surface area contributed by atoms with Crippen LogP contribution < -0.4 is 4.90 Å². The highest BCUT2D eigenvalue weighted by molar-refractivity contribution is 14.1. The van der Waals surface area contributed by atoms with Crippen molar-refractivity contribution in [1.82, 2.24) is 0 Å². The number of fused-ring (bicyclic) bond motifs is 1. The fraction of sp³-hybridized carbons (Fsp3) is 0.286. The van der Waals surface area contributed by atoms with Crippen molar-refractivity contribution in [2.24, 2.45) is 11.8 Å². The number of amides is 2. The average molecular weight is 432 g/mol. The molecular weight excluding hydrogens is 421 g/mol. The summed E-state index contributed by atoms with van der Waals surface area (Å²) >= 11 is 5.55. The van der Waals surface area contributed by atoms with Gasteiger partial charge in [0.05, 0.1) is 17.5 Å². The number of hydrogen-bond acceptors (Lipinski definition) is 2. The molecule has 2 atom stereocenters. The topological polar surface area (TPSA) is 37.4 Å². The molecule has 0 saturated carbocycles. The molecule has 1 heterocycles. The van der Waals surface area contributed by atoms with Gasteiger partial charge < -0.3 is 0 Å². The van der Waals surface area contributed by atoms with E-state index in [9.17, 15) is 9.59 Å². The Morgan fingerprint density at radius 2 is 1.68 bits per heavy atom. The van der Waals surface area contributed by atoms with Gasteiger partial charge in [0.15, 0.2) is 0 Å². The van der Waals surface area contributed by atoms with E-state index in [2.05, 4.69) is 38.5 Å². The number of carbonyl (C=O) groups is 2. The van der Waals surface area contributed by atoms with E-state index >= 15 is 0 Å². The predicted octanol–water partition coefficient (Wildman–Crippen LogP) is 3.51. The first-order valence-corrected chi connectivity index (χ1v) is 7.94. The zero-order chi connectivity index (χ0) is 13.6. The van der Waals surface area contributed by atoms with Crippen LogP contribution in [-0.2, 0) is 9.59 Å². The van der Waals surface area contributed by atoms with Gasteiger partial charge in [-0.15, -0.1) is 0 Å². The number of anilines is 1. The van der Waals surface area contributed by atoms with Crippen LogP contribution in [0.3, 0.4) is 0 Å². The van der Waals surface area contributed by atoms with Crippen LogP contribution in [0.2, 0.25) is 0 Å². The third kappa shape index (κ3) is 2.16. The van der Waals surface area contributed by atoms with Gasteiger partial charge >= 0.3 is 0 Å².